The van der Waals surface area contributed by atoms with Crippen molar-refractivity contribution in [3.63, 3.8) is 0 Å². The van der Waals surface area contributed by atoms with Crippen molar-refractivity contribution in [2.45, 2.75) is 0 Å². The summed E-state index contributed by atoms with van der Waals surface area (Å²) in [7, 11) is 0. The monoisotopic (exact) mass is 906 g/mol. The van der Waals surface area contributed by atoms with Crippen LogP contribution in [0.4, 0.5) is 0 Å². The fourth-order valence-electron chi connectivity index (χ4n) is 8.69. The van der Waals surface area contributed by atoms with E-state index in [1.807, 2.05) is 61.2 Å². The highest BCUT2D eigenvalue weighted by atomic mass is 127. The standard InChI is InChI=1S/C55H35IN6/c1-56-31-38(39-11-8-28-57-32-39)21-27-54(56)62-53-26-20-37(47-22-18-40(33-58-47)50-23-16-35-9-2-6-14-48(35)60-50)29-45(53)46-30-44(42-12-4-5-13-43(42)55(46)62)52-25-19-41(34-59-52)51-24-17-36-10-3-7-15-49(36)61-51/h2-34H,1H2. The predicted octanol–water partition coefficient (Wildman–Crippen LogP) is 13.4. The molecule has 1 aliphatic rings. The van der Waals surface area contributed by atoms with Gasteiger partial charge in [0.05, 0.1) is 48.5 Å². The lowest BCUT2D eigenvalue weighted by molar-refractivity contribution is 1.30. The normalized spacial score (nSPS) is 13.2. The summed E-state index contributed by atoms with van der Waals surface area (Å²) in [6.45, 7) is 0. The number of aromatic nitrogens is 6. The van der Waals surface area contributed by atoms with Crippen molar-refractivity contribution in [2.75, 3.05) is 0 Å². The number of nitrogens with zero attached hydrogens (tertiary/aromatic N) is 6. The lowest BCUT2D eigenvalue weighted by Crippen LogP contribution is -2.08. The molecule has 62 heavy (non-hydrogen) atoms. The third-order valence-electron chi connectivity index (χ3n) is 11.8. The molecule has 0 fully saturated rings. The van der Waals surface area contributed by atoms with Crippen LogP contribution in [0.5, 0.6) is 0 Å². The van der Waals surface area contributed by atoms with E-state index >= 15 is 0 Å². The van der Waals surface area contributed by atoms with Gasteiger partial charge in [-0.25, -0.2) is 9.97 Å². The van der Waals surface area contributed by atoms with Crippen molar-refractivity contribution in [3.8, 4) is 45.0 Å². The first-order valence-corrected chi connectivity index (χ1v) is 24.3. The first-order chi connectivity index (χ1) is 30.6. The molecule has 0 amide bonds. The third kappa shape index (κ3) is 6.20. The lowest BCUT2D eigenvalue weighted by Gasteiger charge is -2.16. The van der Waals surface area contributed by atoms with Crippen LogP contribution in [0, 0.1) is 0 Å². The van der Waals surface area contributed by atoms with Gasteiger partial charge >= 0.3 is 0 Å². The van der Waals surface area contributed by atoms with Gasteiger partial charge in [0.2, 0.25) is 0 Å². The summed E-state index contributed by atoms with van der Waals surface area (Å²) >= 11 is -2.08. The van der Waals surface area contributed by atoms with E-state index in [0.29, 0.717) is 0 Å². The fraction of sp³-hybridized carbons (Fsp3) is 0. The minimum atomic E-state index is -2.08. The number of hydrogen-bond donors (Lipinski definition) is 0. The second kappa shape index (κ2) is 14.8. The molecule has 5 aromatic carbocycles. The first kappa shape index (κ1) is 36.2. The van der Waals surface area contributed by atoms with E-state index in [0.717, 1.165) is 99.5 Å². The van der Waals surface area contributed by atoms with E-state index < -0.39 is 18.9 Å². The van der Waals surface area contributed by atoms with Gasteiger partial charge in [0.1, 0.15) is 0 Å². The van der Waals surface area contributed by atoms with E-state index in [1.165, 1.54) is 14.7 Å². The Morgan fingerprint density at radius 2 is 1.11 bits per heavy atom. The second-order valence-electron chi connectivity index (χ2n) is 15.4. The van der Waals surface area contributed by atoms with Crippen molar-refractivity contribution in [1.29, 1.82) is 0 Å². The molecule has 6 nitrogen and oxygen atoms in total. The zero-order valence-corrected chi connectivity index (χ0v) is 35.5. The Hall–Kier alpha value is -7.62. The van der Waals surface area contributed by atoms with Gasteiger partial charge in [0.15, 0.2) is 0 Å². The topological polar surface area (TPSA) is 69.4 Å². The van der Waals surface area contributed by atoms with Crippen LogP contribution in [0.2, 0.25) is 0 Å². The molecule has 11 aromatic rings. The van der Waals surface area contributed by atoms with Gasteiger partial charge in [-0.1, -0.05) is 95.5 Å². The number of fused-ring (bicyclic) bond motifs is 7. The van der Waals surface area contributed by atoms with Gasteiger partial charge in [0, 0.05) is 79.5 Å². The number of halogens is 1. The summed E-state index contributed by atoms with van der Waals surface area (Å²) in [6, 6.07) is 55.2. The summed E-state index contributed by atoms with van der Waals surface area (Å²) in [5.41, 5.74) is 14.2. The molecule has 6 aromatic heterocycles. The van der Waals surface area contributed by atoms with E-state index in [4.69, 9.17) is 24.5 Å². The van der Waals surface area contributed by atoms with Crippen molar-refractivity contribution >= 4 is 87.0 Å². The molecule has 0 N–H and O–H groups in total. The first-order valence-electron chi connectivity index (χ1n) is 20.4. The second-order valence-corrected chi connectivity index (χ2v) is 19.4. The van der Waals surface area contributed by atoms with Gasteiger partial charge in [-0.3, -0.25) is 15.0 Å². The Labute approximate surface area is 363 Å². The van der Waals surface area contributed by atoms with E-state index in [2.05, 4.69) is 147 Å². The van der Waals surface area contributed by atoms with Crippen molar-refractivity contribution in [3.05, 3.63) is 204 Å². The van der Waals surface area contributed by atoms with E-state index in [1.54, 1.807) is 0 Å². The molecule has 0 spiro atoms. The highest BCUT2D eigenvalue weighted by Gasteiger charge is 2.21. The Morgan fingerprint density at radius 3 is 1.77 bits per heavy atom. The van der Waals surface area contributed by atoms with Gasteiger partial charge in [-0.2, -0.15) is 0 Å². The molecule has 0 bridgehead atoms. The molecule has 12 rings (SSSR count). The molecule has 1 aliphatic heterocycles. The van der Waals surface area contributed by atoms with Crippen molar-refractivity contribution in [1.82, 2.24) is 29.5 Å². The van der Waals surface area contributed by atoms with Crippen LogP contribution in [0.15, 0.2) is 199 Å². The summed E-state index contributed by atoms with van der Waals surface area (Å²) in [5.74, 6) is 0. The summed E-state index contributed by atoms with van der Waals surface area (Å²) in [6.07, 6.45) is 12.1. The fourth-order valence-corrected chi connectivity index (χ4v) is 12.1. The van der Waals surface area contributed by atoms with Crippen LogP contribution in [0.3, 0.4) is 0 Å². The minimum absolute atomic E-state index is 0.901. The predicted molar refractivity (Wildman–Crippen MR) is 268 cm³/mol. The highest BCUT2D eigenvalue weighted by Crippen LogP contribution is 2.43. The Balaban J connectivity index is 1.03. The SMILES string of the molecule is C=I1=C(n2c3ccc(-c4ccc(-c5ccc6ccccc6n5)cn4)cc3c3cc(-c4ccc(-c5ccc6ccccc6n5)cn4)c4ccccc4c32)C=CC(c2cccnc2)=C1. The summed E-state index contributed by atoms with van der Waals surface area (Å²) < 4.78 is 11.0. The number of hydrogen-bond acceptors (Lipinski definition) is 5. The maximum absolute atomic E-state index is 5.11. The maximum atomic E-state index is 5.11. The number of benzene rings is 5. The largest absolute Gasteiger partial charge is 0.304 e. The van der Waals surface area contributed by atoms with Crippen LogP contribution in [-0.2, 0) is 0 Å². The third-order valence-corrected chi connectivity index (χ3v) is 15.4. The van der Waals surface area contributed by atoms with E-state index in [9.17, 15) is 0 Å². The molecule has 0 aliphatic carbocycles. The smallest absolute Gasteiger partial charge is 0.0739 e. The van der Waals surface area contributed by atoms with Gasteiger partial charge < -0.3 is 4.57 Å². The summed E-state index contributed by atoms with van der Waals surface area (Å²) in [5, 5.41) is 6.85. The molecule has 0 atom stereocenters. The molecule has 0 saturated carbocycles. The average Bonchev–Trinajstić information content (AvgIpc) is 3.67. The highest BCUT2D eigenvalue weighted by molar-refractivity contribution is 14.2. The van der Waals surface area contributed by atoms with Crippen LogP contribution in [0.25, 0.3) is 105 Å². The molecule has 7 heterocycles. The Morgan fingerprint density at radius 1 is 0.468 bits per heavy atom. The number of pyridine rings is 5. The molecule has 0 unspecified atom stereocenters. The van der Waals surface area contributed by atoms with Gasteiger partial charge in [-0.15, -0.1) is 18.9 Å². The number of rotatable bonds is 6. The molecule has 0 radical (unpaired) electrons. The molecular formula is C55H35IN6. The van der Waals surface area contributed by atoms with Gasteiger partial charge in [0.25, 0.3) is 0 Å². The number of allylic oxidation sites excluding steroid dienone is 3. The maximum Gasteiger partial charge on any atom is 0.0739 e. The van der Waals surface area contributed by atoms with Gasteiger partial charge in [-0.05, 0) is 93.9 Å². The van der Waals surface area contributed by atoms with Crippen LogP contribution in [0.1, 0.15) is 5.56 Å². The molecule has 0 saturated heterocycles. The minimum Gasteiger partial charge on any atom is -0.304 e. The van der Waals surface area contributed by atoms with Crippen molar-refractivity contribution < 1.29 is 0 Å². The average molecular weight is 907 g/mol. The lowest BCUT2D eigenvalue weighted by atomic mass is 9.97. The van der Waals surface area contributed by atoms with Crippen LogP contribution >= 0.6 is 18.9 Å². The Kier molecular flexibility index (Phi) is 8.67. The molecular weight excluding hydrogens is 872 g/mol. The van der Waals surface area contributed by atoms with Crippen LogP contribution < -0.4 is 0 Å². The quantitative estimate of drug-likeness (QED) is 0.156. The zero-order chi connectivity index (χ0) is 41.1. The van der Waals surface area contributed by atoms with E-state index in [-0.39, 0.29) is 0 Å². The zero-order valence-electron chi connectivity index (χ0n) is 33.3. The summed E-state index contributed by atoms with van der Waals surface area (Å²) in [4.78, 5) is 24.4. The Bertz CT molecular complexity index is 3750. The number of para-hydroxylation sites is 2. The molecule has 292 valence electrons. The molecule has 7 heteroatoms. The van der Waals surface area contributed by atoms with Crippen LogP contribution in [-0.4, -0.2) is 37.6 Å². The van der Waals surface area contributed by atoms with Crippen molar-refractivity contribution in [2.24, 2.45) is 0 Å².